The van der Waals surface area contributed by atoms with Gasteiger partial charge in [0.2, 0.25) is 0 Å². The number of aryl methyl sites for hydroxylation is 1. The van der Waals surface area contributed by atoms with E-state index < -0.39 is 0 Å². The second-order valence-electron chi connectivity index (χ2n) is 7.60. The second kappa shape index (κ2) is 8.89. The van der Waals surface area contributed by atoms with E-state index in [1.807, 2.05) is 21.8 Å². The molecule has 146 valence electrons. The van der Waals surface area contributed by atoms with Crippen LogP contribution in [0.4, 0.5) is 0 Å². The van der Waals surface area contributed by atoms with Crippen molar-refractivity contribution in [2.45, 2.75) is 51.1 Å². The van der Waals surface area contributed by atoms with Crippen LogP contribution in [0.25, 0.3) is 0 Å². The molecule has 1 amide bonds. The van der Waals surface area contributed by atoms with Gasteiger partial charge in [0.1, 0.15) is 5.69 Å². The zero-order valence-electron chi connectivity index (χ0n) is 15.9. The number of carbonyl (C=O) groups excluding carboxylic acids is 1. The van der Waals surface area contributed by atoms with Crippen molar-refractivity contribution in [2.75, 3.05) is 19.6 Å². The molecular weight excluding hydrogens is 360 g/mol. The van der Waals surface area contributed by atoms with Crippen molar-refractivity contribution < 1.29 is 4.79 Å². The molecule has 0 bridgehead atoms. The fraction of sp³-hybridized carbons (Fsp3) is 0.524. The van der Waals surface area contributed by atoms with Crippen molar-refractivity contribution in [1.29, 1.82) is 0 Å². The monoisotopic (exact) mass is 388 g/mol. The van der Waals surface area contributed by atoms with Crippen LogP contribution in [-0.4, -0.2) is 40.2 Å². The van der Waals surface area contributed by atoms with Gasteiger partial charge in [-0.2, -0.15) is 5.10 Å². The Hall–Kier alpha value is -1.85. The largest absolute Gasteiger partial charge is 0.330 e. The molecule has 0 spiro atoms. The van der Waals surface area contributed by atoms with Gasteiger partial charge in [-0.05, 0) is 57.2 Å². The molecule has 2 unspecified atom stereocenters. The molecule has 2 aromatic rings. The van der Waals surface area contributed by atoms with Crippen molar-refractivity contribution in [2.24, 2.45) is 0 Å². The van der Waals surface area contributed by atoms with Gasteiger partial charge in [-0.25, -0.2) is 0 Å². The summed E-state index contributed by atoms with van der Waals surface area (Å²) < 4.78 is 1.98. The van der Waals surface area contributed by atoms with Gasteiger partial charge in [0.25, 0.3) is 5.91 Å². The molecule has 3 heterocycles. The number of nitrogens with zero attached hydrogens (tertiary/aromatic N) is 3. The molecule has 2 aliphatic heterocycles. The van der Waals surface area contributed by atoms with Gasteiger partial charge in [-0.1, -0.05) is 29.8 Å². The molecule has 1 aromatic carbocycles. The van der Waals surface area contributed by atoms with Crippen LogP contribution in [0.3, 0.4) is 0 Å². The predicted molar refractivity (Wildman–Crippen MR) is 109 cm³/mol. The highest BCUT2D eigenvalue weighted by atomic mass is 35.5. The maximum atomic E-state index is 13.2. The van der Waals surface area contributed by atoms with Crippen LogP contribution in [0.1, 0.15) is 65.8 Å². The molecule has 6 heteroatoms. The van der Waals surface area contributed by atoms with E-state index in [2.05, 4.69) is 41.6 Å². The van der Waals surface area contributed by atoms with E-state index in [0.29, 0.717) is 11.7 Å². The Labute approximate surface area is 167 Å². The number of nitrogens with one attached hydrogen (secondary N) is 1. The average Bonchev–Trinajstić information content (AvgIpc) is 3.19. The first-order valence-electron chi connectivity index (χ1n) is 9.86. The van der Waals surface area contributed by atoms with Gasteiger partial charge in [0.05, 0.1) is 12.1 Å². The van der Waals surface area contributed by atoms with Gasteiger partial charge in [-0.3, -0.25) is 9.48 Å². The van der Waals surface area contributed by atoms with Crippen LogP contribution in [0.5, 0.6) is 0 Å². The van der Waals surface area contributed by atoms with E-state index in [0.717, 1.165) is 45.3 Å². The lowest BCUT2D eigenvalue weighted by Gasteiger charge is -2.35. The molecule has 27 heavy (non-hydrogen) atoms. The molecule has 0 aliphatic carbocycles. The summed E-state index contributed by atoms with van der Waals surface area (Å²) in [5, 5.41) is 8.05. The first-order valence-corrected chi connectivity index (χ1v) is 9.86. The first-order chi connectivity index (χ1) is 12.7. The lowest BCUT2D eigenvalue weighted by Crippen LogP contribution is -2.39. The molecule has 4 rings (SSSR count). The lowest BCUT2D eigenvalue weighted by molar-refractivity contribution is 0.0604. The fourth-order valence-corrected chi connectivity index (χ4v) is 4.17. The van der Waals surface area contributed by atoms with Gasteiger partial charge in [0.15, 0.2) is 0 Å². The number of amides is 1. The smallest absolute Gasteiger partial charge is 0.274 e. The highest BCUT2D eigenvalue weighted by Crippen LogP contribution is 2.32. The van der Waals surface area contributed by atoms with E-state index in [1.54, 1.807) is 0 Å². The fourth-order valence-electron chi connectivity index (χ4n) is 4.17. The summed E-state index contributed by atoms with van der Waals surface area (Å²) >= 11 is 0. The maximum Gasteiger partial charge on any atom is 0.274 e. The molecular formula is C21H29ClN4O. The second-order valence-corrected chi connectivity index (χ2v) is 7.60. The SMILES string of the molecule is Cc1ccc(C2CCCCN2C(=O)c2ccn(C3CCCNC3)n2)cc1.Cl. The number of likely N-dealkylation sites (tertiary alicyclic amines) is 1. The molecule has 1 aromatic heterocycles. The zero-order chi connectivity index (χ0) is 17.9. The number of hydrogen-bond acceptors (Lipinski definition) is 3. The molecule has 2 fully saturated rings. The van der Waals surface area contributed by atoms with Crippen molar-refractivity contribution in [3.8, 4) is 0 Å². The Balaban J connectivity index is 0.00000210. The Kier molecular flexibility index (Phi) is 6.55. The number of rotatable bonds is 3. The van der Waals surface area contributed by atoms with Gasteiger partial charge >= 0.3 is 0 Å². The molecule has 5 nitrogen and oxygen atoms in total. The van der Waals surface area contributed by atoms with E-state index in [1.165, 1.54) is 17.5 Å². The zero-order valence-corrected chi connectivity index (χ0v) is 16.8. The number of aromatic nitrogens is 2. The summed E-state index contributed by atoms with van der Waals surface area (Å²) in [5.74, 6) is 0.0674. The predicted octanol–water partition coefficient (Wildman–Crippen LogP) is 3.91. The third-order valence-electron chi connectivity index (χ3n) is 5.70. The minimum atomic E-state index is 0. The summed E-state index contributed by atoms with van der Waals surface area (Å²) in [5.41, 5.74) is 3.07. The Morgan fingerprint density at radius 3 is 2.67 bits per heavy atom. The Bertz CT molecular complexity index is 752. The quantitative estimate of drug-likeness (QED) is 0.867. The molecule has 0 saturated carbocycles. The number of halogens is 1. The van der Waals surface area contributed by atoms with Crippen LogP contribution in [0.2, 0.25) is 0 Å². The summed E-state index contributed by atoms with van der Waals surface area (Å²) in [6, 6.07) is 11.0. The van der Waals surface area contributed by atoms with Crippen LogP contribution in [0.15, 0.2) is 36.5 Å². The molecule has 2 saturated heterocycles. The Morgan fingerprint density at radius 2 is 1.93 bits per heavy atom. The normalized spacial score (nSPS) is 22.9. The summed E-state index contributed by atoms with van der Waals surface area (Å²) in [6.07, 6.45) is 7.52. The molecule has 2 atom stereocenters. The number of hydrogen-bond donors (Lipinski definition) is 1. The van der Waals surface area contributed by atoms with Crippen molar-refractivity contribution in [3.63, 3.8) is 0 Å². The summed E-state index contributed by atoms with van der Waals surface area (Å²) in [4.78, 5) is 15.2. The maximum absolute atomic E-state index is 13.2. The highest BCUT2D eigenvalue weighted by molar-refractivity contribution is 5.92. The number of benzene rings is 1. The standard InChI is InChI=1S/C21H28N4O.ClH/c1-16-7-9-17(10-8-16)20-6-2-3-13-24(20)21(26)19-11-14-25(23-19)18-5-4-12-22-15-18;/h7-11,14,18,20,22H,2-6,12-13,15H2,1H3;1H. The van der Waals surface area contributed by atoms with Gasteiger partial charge < -0.3 is 10.2 Å². The van der Waals surface area contributed by atoms with Gasteiger partial charge in [-0.15, -0.1) is 12.4 Å². The number of piperidine rings is 2. The summed E-state index contributed by atoms with van der Waals surface area (Å²) in [7, 11) is 0. The first kappa shape index (κ1) is 19.9. The van der Waals surface area contributed by atoms with Gasteiger partial charge in [0, 0.05) is 19.3 Å². The molecule has 0 radical (unpaired) electrons. The van der Waals surface area contributed by atoms with Crippen LogP contribution >= 0.6 is 12.4 Å². The molecule has 2 aliphatic rings. The third kappa shape index (κ3) is 4.36. The van der Waals surface area contributed by atoms with Crippen LogP contribution in [-0.2, 0) is 0 Å². The lowest BCUT2D eigenvalue weighted by atomic mass is 9.94. The highest BCUT2D eigenvalue weighted by Gasteiger charge is 2.30. The minimum absolute atomic E-state index is 0. The van der Waals surface area contributed by atoms with E-state index >= 15 is 0 Å². The third-order valence-corrected chi connectivity index (χ3v) is 5.70. The summed E-state index contributed by atoms with van der Waals surface area (Å²) in [6.45, 7) is 4.93. The topological polar surface area (TPSA) is 50.2 Å². The Morgan fingerprint density at radius 1 is 1.11 bits per heavy atom. The van der Waals surface area contributed by atoms with Crippen molar-refractivity contribution in [1.82, 2.24) is 20.0 Å². The van der Waals surface area contributed by atoms with E-state index in [9.17, 15) is 4.79 Å². The van der Waals surface area contributed by atoms with Crippen LogP contribution < -0.4 is 5.32 Å². The van der Waals surface area contributed by atoms with E-state index in [-0.39, 0.29) is 24.4 Å². The van der Waals surface area contributed by atoms with Crippen LogP contribution in [0, 0.1) is 6.92 Å². The van der Waals surface area contributed by atoms with E-state index in [4.69, 9.17) is 0 Å². The van der Waals surface area contributed by atoms with Crippen molar-refractivity contribution in [3.05, 3.63) is 53.3 Å². The average molecular weight is 389 g/mol. The van der Waals surface area contributed by atoms with Crippen molar-refractivity contribution >= 4 is 18.3 Å². The molecule has 1 N–H and O–H groups in total. The minimum Gasteiger partial charge on any atom is -0.330 e. The number of carbonyl (C=O) groups is 1.